The van der Waals surface area contributed by atoms with Gasteiger partial charge in [-0.15, -0.1) is 0 Å². The summed E-state index contributed by atoms with van der Waals surface area (Å²) in [6, 6.07) is 14.0. The fourth-order valence-electron chi connectivity index (χ4n) is 2.00. The molecule has 2 rings (SSSR count). The van der Waals surface area contributed by atoms with Crippen LogP contribution in [0, 0.1) is 5.82 Å². The molecule has 0 saturated heterocycles. The van der Waals surface area contributed by atoms with Crippen molar-refractivity contribution in [2.45, 2.75) is 25.7 Å². The Bertz CT molecular complexity index is 557. The summed E-state index contributed by atoms with van der Waals surface area (Å²) in [5, 5.41) is 0. The molecule has 2 atom stereocenters. The SMILES string of the molecule is CC(N)C(OCc1ccc(Br)cc1)c1cccc(F)c1. The van der Waals surface area contributed by atoms with E-state index in [1.54, 1.807) is 6.07 Å². The monoisotopic (exact) mass is 337 g/mol. The van der Waals surface area contributed by atoms with Crippen LogP contribution in [0.15, 0.2) is 53.0 Å². The Hall–Kier alpha value is -1.23. The van der Waals surface area contributed by atoms with E-state index in [0.29, 0.717) is 6.61 Å². The van der Waals surface area contributed by atoms with Crippen molar-refractivity contribution in [1.82, 2.24) is 0 Å². The van der Waals surface area contributed by atoms with E-state index < -0.39 is 0 Å². The van der Waals surface area contributed by atoms with Crippen LogP contribution in [0.3, 0.4) is 0 Å². The fourth-order valence-corrected chi connectivity index (χ4v) is 2.27. The molecule has 0 aromatic heterocycles. The topological polar surface area (TPSA) is 35.2 Å². The molecule has 0 heterocycles. The van der Waals surface area contributed by atoms with Crippen LogP contribution in [0.1, 0.15) is 24.2 Å². The van der Waals surface area contributed by atoms with Gasteiger partial charge in [0.15, 0.2) is 0 Å². The van der Waals surface area contributed by atoms with Crippen molar-refractivity contribution in [3.8, 4) is 0 Å². The van der Waals surface area contributed by atoms with Crippen molar-refractivity contribution in [2.24, 2.45) is 5.73 Å². The molecule has 2 N–H and O–H groups in total. The van der Waals surface area contributed by atoms with Crippen LogP contribution in [0.25, 0.3) is 0 Å². The summed E-state index contributed by atoms with van der Waals surface area (Å²) in [5.74, 6) is -0.277. The molecule has 2 unspecified atom stereocenters. The van der Waals surface area contributed by atoms with Crippen molar-refractivity contribution in [2.75, 3.05) is 0 Å². The number of rotatable bonds is 5. The van der Waals surface area contributed by atoms with Crippen molar-refractivity contribution in [3.63, 3.8) is 0 Å². The van der Waals surface area contributed by atoms with Gasteiger partial charge in [-0.1, -0.05) is 40.2 Å². The molecular formula is C16H17BrFNO. The Balaban J connectivity index is 2.08. The third-order valence-electron chi connectivity index (χ3n) is 3.00. The van der Waals surface area contributed by atoms with E-state index in [2.05, 4.69) is 15.9 Å². The summed E-state index contributed by atoms with van der Waals surface area (Å²) in [6.45, 7) is 2.30. The molecule has 0 aliphatic rings. The maximum atomic E-state index is 13.3. The van der Waals surface area contributed by atoms with Gasteiger partial charge in [0.1, 0.15) is 5.82 Å². The summed E-state index contributed by atoms with van der Waals surface area (Å²) < 4.78 is 20.2. The second-order valence-electron chi connectivity index (χ2n) is 4.77. The number of benzene rings is 2. The third-order valence-corrected chi connectivity index (χ3v) is 3.53. The highest BCUT2D eigenvalue weighted by Gasteiger charge is 2.17. The van der Waals surface area contributed by atoms with Gasteiger partial charge in [-0.2, -0.15) is 0 Å². The van der Waals surface area contributed by atoms with Crippen LogP contribution >= 0.6 is 15.9 Å². The number of hydrogen-bond donors (Lipinski definition) is 1. The second kappa shape index (κ2) is 6.97. The molecule has 0 amide bonds. The zero-order valence-electron chi connectivity index (χ0n) is 11.2. The smallest absolute Gasteiger partial charge is 0.123 e. The highest BCUT2D eigenvalue weighted by molar-refractivity contribution is 9.10. The molecule has 0 fully saturated rings. The minimum absolute atomic E-state index is 0.216. The Morgan fingerprint density at radius 1 is 1.20 bits per heavy atom. The van der Waals surface area contributed by atoms with E-state index >= 15 is 0 Å². The molecule has 0 saturated carbocycles. The lowest BCUT2D eigenvalue weighted by Gasteiger charge is -2.22. The molecule has 2 nitrogen and oxygen atoms in total. The summed E-state index contributed by atoms with van der Waals surface area (Å²) in [7, 11) is 0. The van der Waals surface area contributed by atoms with Crippen LogP contribution in [0.5, 0.6) is 0 Å². The average Bonchev–Trinajstić information content (AvgIpc) is 2.41. The second-order valence-corrected chi connectivity index (χ2v) is 5.69. The van der Waals surface area contributed by atoms with Gasteiger partial charge in [0, 0.05) is 10.5 Å². The van der Waals surface area contributed by atoms with Crippen LogP contribution in [-0.2, 0) is 11.3 Å². The molecule has 0 bridgehead atoms. The van der Waals surface area contributed by atoms with Crippen molar-refractivity contribution < 1.29 is 9.13 Å². The lowest BCUT2D eigenvalue weighted by atomic mass is 10.0. The van der Waals surface area contributed by atoms with E-state index in [0.717, 1.165) is 15.6 Å². The van der Waals surface area contributed by atoms with Crippen molar-refractivity contribution >= 4 is 15.9 Å². The molecule has 0 aliphatic carbocycles. The van der Waals surface area contributed by atoms with Crippen molar-refractivity contribution in [1.29, 1.82) is 0 Å². The van der Waals surface area contributed by atoms with E-state index in [1.807, 2.05) is 37.3 Å². The molecule has 0 aliphatic heterocycles. The van der Waals surface area contributed by atoms with Gasteiger partial charge in [-0.05, 0) is 42.3 Å². The molecule has 0 radical (unpaired) electrons. The first kappa shape index (κ1) is 15.2. The predicted octanol–water partition coefficient (Wildman–Crippen LogP) is 4.19. The zero-order chi connectivity index (χ0) is 14.5. The Labute approximate surface area is 126 Å². The Morgan fingerprint density at radius 3 is 2.50 bits per heavy atom. The highest BCUT2D eigenvalue weighted by atomic mass is 79.9. The van der Waals surface area contributed by atoms with Gasteiger partial charge in [0.2, 0.25) is 0 Å². The van der Waals surface area contributed by atoms with Gasteiger partial charge in [0.25, 0.3) is 0 Å². The number of hydrogen-bond acceptors (Lipinski definition) is 2. The van der Waals surface area contributed by atoms with E-state index in [9.17, 15) is 4.39 Å². The minimum Gasteiger partial charge on any atom is -0.367 e. The maximum absolute atomic E-state index is 13.3. The van der Waals surface area contributed by atoms with E-state index in [1.165, 1.54) is 12.1 Å². The molecule has 2 aromatic carbocycles. The lowest BCUT2D eigenvalue weighted by molar-refractivity contribution is 0.0257. The van der Waals surface area contributed by atoms with E-state index in [-0.39, 0.29) is 18.0 Å². The van der Waals surface area contributed by atoms with Crippen LogP contribution < -0.4 is 5.73 Å². The van der Waals surface area contributed by atoms with Gasteiger partial charge in [-0.3, -0.25) is 0 Å². The molecular weight excluding hydrogens is 321 g/mol. The molecule has 20 heavy (non-hydrogen) atoms. The normalized spacial score (nSPS) is 14.0. The van der Waals surface area contributed by atoms with Crippen LogP contribution in [0.4, 0.5) is 4.39 Å². The fraction of sp³-hybridized carbons (Fsp3) is 0.250. The number of ether oxygens (including phenoxy) is 1. The van der Waals surface area contributed by atoms with Gasteiger partial charge in [-0.25, -0.2) is 4.39 Å². The van der Waals surface area contributed by atoms with Crippen LogP contribution in [-0.4, -0.2) is 6.04 Å². The molecule has 4 heteroatoms. The first-order chi connectivity index (χ1) is 9.56. The highest BCUT2D eigenvalue weighted by Crippen LogP contribution is 2.23. The minimum atomic E-state index is -0.325. The van der Waals surface area contributed by atoms with Crippen LogP contribution in [0.2, 0.25) is 0 Å². The van der Waals surface area contributed by atoms with Crippen molar-refractivity contribution in [3.05, 3.63) is 69.9 Å². The summed E-state index contributed by atoms with van der Waals surface area (Å²) in [4.78, 5) is 0. The Kier molecular flexibility index (Phi) is 5.29. The quantitative estimate of drug-likeness (QED) is 0.887. The Morgan fingerprint density at radius 2 is 1.90 bits per heavy atom. The molecule has 2 aromatic rings. The van der Waals surface area contributed by atoms with Gasteiger partial charge >= 0.3 is 0 Å². The third kappa shape index (κ3) is 4.13. The number of halogens is 2. The number of nitrogens with two attached hydrogens (primary N) is 1. The standard InChI is InChI=1S/C16H17BrFNO/c1-11(19)16(13-3-2-4-15(18)9-13)20-10-12-5-7-14(17)8-6-12/h2-9,11,16H,10,19H2,1H3. The maximum Gasteiger partial charge on any atom is 0.123 e. The zero-order valence-corrected chi connectivity index (χ0v) is 12.8. The first-order valence-electron chi connectivity index (χ1n) is 6.43. The molecule has 0 spiro atoms. The summed E-state index contributed by atoms with van der Waals surface area (Å²) in [6.07, 6.45) is -0.325. The first-order valence-corrected chi connectivity index (χ1v) is 7.22. The summed E-state index contributed by atoms with van der Waals surface area (Å²) >= 11 is 3.39. The predicted molar refractivity (Wildman–Crippen MR) is 81.7 cm³/mol. The van der Waals surface area contributed by atoms with Gasteiger partial charge < -0.3 is 10.5 Å². The molecule has 106 valence electrons. The summed E-state index contributed by atoms with van der Waals surface area (Å²) in [5.41, 5.74) is 7.76. The van der Waals surface area contributed by atoms with Gasteiger partial charge in [0.05, 0.1) is 12.7 Å². The average molecular weight is 338 g/mol. The van der Waals surface area contributed by atoms with E-state index in [4.69, 9.17) is 10.5 Å². The largest absolute Gasteiger partial charge is 0.367 e. The lowest BCUT2D eigenvalue weighted by Crippen LogP contribution is -2.27.